The third-order valence-electron chi connectivity index (χ3n) is 2.55. The molecule has 6 nitrogen and oxygen atoms in total. The molecular formula is C10H16N2O4. The zero-order valence-electron chi connectivity index (χ0n) is 9.41. The molecule has 1 aliphatic rings. The summed E-state index contributed by atoms with van der Waals surface area (Å²) in [6, 6.07) is -0.657. The maximum absolute atomic E-state index is 11.7. The summed E-state index contributed by atoms with van der Waals surface area (Å²) < 4.78 is 4.49. The molecule has 2 N–H and O–H groups in total. The molecule has 1 fully saturated rings. The molecule has 16 heavy (non-hydrogen) atoms. The fourth-order valence-corrected chi connectivity index (χ4v) is 1.52. The monoisotopic (exact) mass is 228 g/mol. The smallest absolute Gasteiger partial charge is 0.328 e. The van der Waals surface area contributed by atoms with E-state index in [1.165, 1.54) is 7.11 Å². The summed E-state index contributed by atoms with van der Waals surface area (Å²) in [5.74, 6) is -0.999. The van der Waals surface area contributed by atoms with E-state index < -0.39 is 12.0 Å². The maximum atomic E-state index is 11.7. The standard InChI is InChI=1S/C10H16N2O4/c1-6(10(15)16-2)12-9(14)7-3-4-8(13)11-5-7/h6-7H,3-5H2,1-2H3,(H,11,13)(H,12,14)/t6-,7?/m0/s1. The van der Waals surface area contributed by atoms with Gasteiger partial charge in [0.15, 0.2) is 0 Å². The van der Waals surface area contributed by atoms with Crippen molar-refractivity contribution in [3.8, 4) is 0 Å². The number of esters is 1. The van der Waals surface area contributed by atoms with E-state index in [0.717, 1.165) is 0 Å². The average Bonchev–Trinajstić information content (AvgIpc) is 2.28. The molecule has 2 atom stereocenters. The summed E-state index contributed by atoms with van der Waals surface area (Å²) in [5, 5.41) is 5.16. The summed E-state index contributed by atoms with van der Waals surface area (Å²) >= 11 is 0. The van der Waals surface area contributed by atoms with E-state index in [2.05, 4.69) is 15.4 Å². The second kappa shape index (κ2) is 5.48. The van der Waals surface area contributed by atoms with Crippen molar-refractivity contribution < 1.29 is 19.1 Å². The van der Waals surface area contributed by atoms with Crippen LogP contribution in [-0.4, -0.2) is 37.5 Å². The first-order valence-electron chi connectivity index (χ1n) is 5.19. The minimum absolute atomic E-state index is 0.0370. The van der Waals surface area contributed by atoms with Crippen molar-refractivity contribution >= 4 is 17.8 Å². The molecule has 90 valence electrons. The molecule has 2 amide bonds. The summed E-state index contributed by atoms with van der Waals surface area (Å²) in [6.45, 7) is 1.89. The Labute approximate surface area is 93.7 Å². The van der Waals surface area contributed by atoms with E-state index in [9.17, 15) is 14.4 Å². The van der Waals surface area contributed by atoms with Crippen molar-refractivity contribution in [1.29, 1.82) is 0 Å². The Morgan fingerprint density at radius 1 is 1.56 bits per heavy atom. The van der Waals surface area contributed by atoms with Gasteiger partial charge in [0.2, 0.25) is 11.8 Å². The predicted octanol–water partition coefficient (Wildman–Crippen LogP) is -0.810. The molecule has 0 aromatic rings. The number of nitrogens with one attached hydrogen (secondary N) is 2. The van der Waals surface area contributed by atoms with E-state index >= 15 is 0 Å². The van der Waals surface area contributed by atoms with E-state index in [-0.39, 0.29) is 17.7 Å². The van der Waals surface area contributed by atoms with Crippen LogP contribution in [0.3, 0.4) is 0 Å². The Kier molecular flexibility index (Phi) is 4.28. The highest BCUT2D eigenvalue weighted by Crippen LogP contribution is 2.10. The Morgan fingerprint density at radius 2 is 2.25 bits per heavy atom. The van der Waals surface area contributed by atoms with Gasteiger partial charge in [-0.2, -0.15) is 0 Å². The van der Waals surface area contributed by atoms with E-state index in [1.807, 2.05) is 0 Å². The highest BCUT2D eigenvalue weighted by molar-refractivity contribution is 5.87. The van der Waals surface area contributed by atoms with Crippen LogP contribution in [0.15, 0.2) is 0 Å². The Hall–Kier alpha value is -1.59. The minimum Gasteiger partial charge on any atom is -0.467 e. The van der Waals surface area contributed by atoms with Gasteiger partial charge in [-0.05, 0) is 13.3 Å². The predicted molar refractivity (Wildman–Crippen MR) is 55.4 cm³/mol. The van der Waals surface area contributed by atoms with Crippen LogP contribution < -0.4 is 10.6 Å². The maximum Gasteiger partial charge on any atom is 0.328 e. The molecule has 0 saturated carbocycles. The molecular weight excluding hydrogens is 212 g/mol. The zero-order valence-corrected chi connectivity index (χ0v) is 9.41. The zero-order chi connectivity index (χ0) is 12.1. The molecule has 0 aromatic heterocycles. The largest absolute Gasteiger partial charge is 0.467 e. The van der Waals surface area contributed by atoms with Crippen LogP contribution in [0, 0.1) is 5.92 Å². The van der Waals surface area contributed by atoms with Crippen LogP contribution in [0.5, 0.6) is 0 Å². The summed E-state index contributed by atoms with van der Waals surface area (Å²) in [6.07, 6.45) is 0.871. The quantitative estimate of drug-likeness (QED) is 0.619. The molecule has 1 unspecified atom stereocenters. The lowest BCUT2D eigenvalue weighted by molar-refractivity contribution is -0.145. The van der Waals surface area contributed by atoms with Gasteiger partial charge >= 0.3 is 5.97 Å². The van der Waals surface area contributed by atoms with Crippen LogP contribution in [0.1, 0.15) is 19.8 Å². The van der Waals surface area contributed by atoms with Crippen molar-refractivity contribution in [2.45, 2.75) is 25.8 Å². The second-order valence-corrected chi connectivity index (χ2v) is 3.79. The van der Waals surface area contributed by atoms with Gasteiger partial charge in [0.05, 0.1) is 13.0 Å². The number of piperidine rings is 1. The van der Waals surface area contributed by atoms with Gasteiger partial charge in [-0.15, -0.1) is 0 Å². The normalized spacial score (nSPS) is 21.9. The van der Waals surface area contributed by atoms with Crippen molar-refractivity contribution in [2.75, 3.05) is 13.7 Å². The van der Waals surface area contributed by atoms with E-state index in [4.69, 9.17) is 0 Å². The third-order valence-corrected chi connectivity index (χ3v) is 2.55. The number of hydrogen-bond donors (Lipinski definition) is 2. The molecule has 0 spiro atoms. The van der Waals surface area contributed by atoms with Crippen molar-refractivity contribution in [3.05, 3.63) is 0 Å². The number of rotatable bonds is 3. The molecule has 0 bridgehead atoms. The highest BCUT2D eigenvalue weighted by Gasteiger charge is 2.26. The first-order chi connectivity index (χ1) is 7.54. The van der Waals surface area contributed by atoms with Gasteiger partial charge in [0.25, 0.3) is 0 Å². The van der Waals surface area contributed by atoms with Gasteiger partial charge in [0.1, 0.15) is 6.04 Å². The van der Waals surface area contributed by atoms with Crippen LogP contribution in [0.2, 0.25) is 0 Å². The van der Waals surface area contributed by atoms with Gasteiger partial charge in [-0.1, -0.05) is 0 Å². The number of hydrogen-bond acceptors (Lipinski definition) is 4. The topological polar surface area (TPSA) is 84.5 Å². The number of carbonyl (C=O) groups is 3. The summed E-state index contributed by atoms with van der Waals surface area (Å²) in [7, 11) is 1.27. The molecule has 1 saturated heterocycles. The van der Waals surface area contributed by atoms with Crippen LogP contribution in [0.25, 0.3) is 0 Å². The molecule has 0 aromatic carbocycles. The van der Waals surface area contributed by atoms with Gasteiger partial charge in [-0.25, -0.2) is 4.79 Å². The van der Waals surface area contributed by atoms with Gasteiger partial charge in [-0.3, -0.25) is 9.59 Å². The van der Waals surface area contributed by atoms with Gasteiger partial charge < -0.3 is 15.4 Å². The second-order valence-electron chi connectivity index (χ2n) is 3.79. The number of ether oxygens (including phenoxy) is 1. The summed E-state index contributed by atoms with van der Waals surface area (Å²) in [5.41, 5.74) is 0. The van der Waals surface area contributed by atoms with Crippen LogP contribution >= 0.6 is 0 Å². The fourth-order valence-electron chi connectivity index (χ4n) is 1.52. The Balaban J connectivity index is 2.40. The van der Waals surface area contributed by atoms with Crippen molar-refractivity contribution in [3.63, 3.8) is 0 Å². The number of carbonyl (C=O) groups excluding carboxylic acids is 3. The first-order valence-corrected chi connectivity index (χ1v) is 5.19. The lowest BCUT2D eigenvalue weighted by atomic mass is 9.98. The molecule has 6 heteroatoms. The van der Waals surface area contributed by atoms with E-state index in [1.54, 1.807) is 6.92 Å². The van der Waals surface area contributed by atoms with E-state index in [0.29, 0.717) is 19.4 Å². The fraction of sp³-hybridized carbons (Fsp3) is 0.700. The molecule has 0 radical (unpaired) electrons. The highest BCUT2D eigenvalue weighted by atomic mass is 16.5. The van der Waals surface area contributed by atoms with Gasteiger partial charge in [0, 0.05) is 13.0 Å². The SMILES string of the molecule is COC(=O)[C@H](C)NC(=O)C1CCC(=O)NC1. The van der Waals surface area contributed by atoms with Crippen molar-refractivity contribution in [1.82, 2.24) is 10.6 Å². The molecule has 1 rings (SSSR count). The molecule has 1 aliphatic heterocycles. The number of methoxy groups -OCH3 is 1. The lowest BCUT2D eigenvalue weighted by Gasteiger charge is -2.22. The van der Waals surface area contributed by atoms with Crippen molar-refractivity contribution in [2.24, 2.45) is 5.92 Å². The molecule has 1 heterocycles. The number of amides is 2. The Morgan fingerprint density at radius 3 is 2.75 bits per heavy atom. The average molecular weight is 228 g/mol. The summed E-state index contributed by atoms with van der Waals surface area (Å²) in [4.78, 5) is 33.6. The van der Waals surface area contributed by atoms with Crippen LogP contribution in [0.4, 0.5) is 0 Å². The third kappa shape index (κ3) is 3.22. The Bertz CT molecular complexity index is 293. The molecule has 0 aliphatic carbocycles. The lowest BCUT2D eigenvalue weighted by Crippen LogP contribution is -2.47. The van der Waals surface area contributed by atoms with Crippen LogP contribution in [-0.2, 0) is 19.1 Å². The minimum atomic E-state index is -0.657. The first kappa shape index (κ1) is 12.5.